The number of hydrogen-bond donors (Lipinski definition) is 1. The summed E-state index contributed by atoms with van der Waals surface area (Å²) >= 11 is 0. The summed E-state index contributed by atoms with van der Waals surface area (Å²) < 4.78 is 0. The van der Waals surface area contributed by atoms with Crippen molar-refractivity contribution in [3.8, 4) is 0 Å². The minimum Gasteiger partial charge on any atom is -0.389 e. The van der Waals surface area contributed by atoms with Crippen LogP contribution in [0.1, 0.15) is 51.9 Å². The van der Waals surface area contributed by atoms with Gasteiger partial charge in [0.2, 0.25) is 11.8 Å². The average Bonchev–Trinajstić information content (AvgIpc) is 2.87. The van der Waals surface area contributed by atoms with E-state index in [0.29, 0.717) is 12.5 Å². The molecule has 0 aromatic carbocycles. The number of hydrogen-bond acceptors (Lipinski definition) is 3. The van der Waals surface area contributed by atoms with Crippen LogP contribution in [0.5, 0.6) is 0 Å². The zero-order valence-corrected chi connectivity index (χ0v) is 13.3. The lowest BCUT2D eigenvalue weighted by Crippen LogP contribution is -2.41. The van der Waals surface area contributed by atoms with Gasteiger partial charge in [-0.3, -0.25) is 9.59 Å². The Hall–Kier alpha value is -1.10. The SMILES string of the molecule is CC(=O)N1CCC(CN(C)C(=O)CC2(O)CCCCC2)C1. The number of carbonyl (C=O) groups is 2. The fraction of sp³-hybridized carbons (Fsp3) is 0.875. The van der Waals surface area contributed by atoms with Crippen LogP contribution in [0.25, 0.3) is 0 Å². The summed E-state index contributed by atoms with van der Waals surface area (Å²) in [5.41, 5.74) is -0.787. The van der Waals surface area contributed by atoms with Crippen molar-refractivity contribution in [2.24, 2.45) is 5.92 Å². The molecule has 1 atom stereocenters. The van der Waals surface area contributed by atoms with Crippen molar-refractivity contribution in [3.05, 3.63) is 0 Å². The summed E-state index contributed by atoms with van der Waals surface area (Å²) in [6.07, 6.45) is 5.89. The minimum absolute atomic E-state index is 0.0284. The molecule has 1 aliphatic heterocycles. The maximum absolute atomic E-state index is 12.3. The summed E-state index contributed by atoms with van der Waals surface area (Å²) in [7, 11) is 1.81. The molecule has 0 bridgehead atoms. The Labute approximate surface area is 127 Å². The summed E-state index contributed by atoms with van der Waals surface area (Å²) in [5.74, 6) is 0.507. The maximum Gasteiger partial charge on any atom is 0.225 e. The number of aliphatic hydroxyl groups is 1. The molecule has 2 amide bonds. The van der Waals surface area contributed by atoms with Crippen molar-refractivity contribution in [3.63, 3.8) is 0 Å². The van der Waals surface area contributed by atoms with Gasteiger partial charge in [0.25, 0.3) is 0 Å². The zero-order chi connectivity index (χ0) is 15.5. The molecule has 1 unspecified atom stereocenters. The van der Waals surface area contributed by atoms with Gasteiger partial charge in [-0.05, 0) is 25.2 Å². The van der Waals surface area contributed by atoms with E-state index in [-0.39, 0.29) is 18.2 Å². The molecule has 120 valence electrons. The van der Waals surface area contributed by atoms with Gasteiger partial charge in [-0.15, -0.1) is 0 Å². The lowest BCUT2D eigenvalue weighted by atomic mass is 9.82. The Morgan fingerprint density at radius 1 is 1.29 bits per heavy atom. The van der Waals surface area contributed by atoms with Crippen LogP contribution in [0.3, 0.4) is 0 Å². The second kappa shape index (κ2) is 6.77. The highest BCUT2D eigenvalue weighted by molar-refractivity contribution is 5.77. The molecular formula is C16H28N2O3. The first-order chi connectivity index (χ1) is 9.89. The van der Waals surface area contributed by atoms with Crippen molar-refractivity contribution in [2.75, 3.05) is 26.7 Å². The molecule has 0 aromatic rings. The summed E-state index contributed by atoms with van der Waals surface area (Å²) in [5, 5.41) is 10.5. The smallest absolute Gasteiger partial charge is 0.225 e. The van der Waals surface area contributed by atoms with Gasteiger partial charge >= 0.3 is 0 Å². The molecule has 2 fully saturated rings. The number of carbonyl (C=O) groups excluding carboxylic acids is 2. The Kier molecular flexibility index (Phi) is 5.25. The normalized spacial score (nSPS) is 24.9. The Bertz CT molecular complexity index is 391. The van der Waals surface area contributed by atoms with Gasteiger partial charge in [0.1, 0.15) is 0 Å². The maximum atomic E-state index is 12.3. The molecule has 0 radical (unpaired) electrons. The Balaban J connectivity index is 1.79. The third kappa shape index (κ3) is 4.43. The molecule has 2 rings (SSSR count). The molecule has 1 heterocycles. The second-order valence-corrected chi connectivity index (χ2v) is 6.86. The predicted molar refractivity (Wildman–Crippen MR) is 80.6 cm³/mol. The van der Waals surface area contributed by atoms with E-state index in [1.807, 2.05) is 11.9 Å². The fourth-order valence-electron chi connectivity index (χ4n) is 3.56. The van der Waals surface area contributed by atoms with Gasteiger partial charge in [0.15, 0.2) is 0 Å². The van der Waals surface area contributed by atoms with E-state index in [2.05, 4.69) is 0 Å². The Morgan fingerprint density at radius 3 is 2.52 bits per heavy atom. The number of nitrogens with zero attached hydrogens (tertiary/aromatic N) is 2. The topological polar surface area (TPSA) is 60.9 Å². The van der Waals surface area contributed by atoms with E-state index in [4.69, 9.17) is 0 Å². The number of likely N-dealkylation sites (tertiary alicyclic amines) is 1. The first-order valence-electron chi connectivity index (χ1n) is 8.11. The van der Waals surface area contributed by atoms with E-state index in [0.717, 1.165) is 51.6 Å². The number of rotatable bonds is 4. The molecule has 1 aliphatic carbocycles. The van der Waals surface area contributed by atoms with Crippen LogP contribution in [0.2, 0.25) is 0 Å². The van der Waals surface area contributed by atoms with Crippen LogP contribution in [0, 0.1) is 5.92 Å². The van der Waals surface area contributed by atoms with E-state index < -0.39 is 5.60 Å². The lowest BCUT2D eigenvalue weighted by molar-refractivity contribution is -0.137. The number of amides is 2. The summed E-state index contributed by atoms with van der Waals surface area (Å²) in [6, 6.07) is 0. The van der Waals surface area contributed by atoms with Crippen LogP contribution in [-0.4, -0.2) is 59.0 Å². The van der Waals surface area contributed by atoms with E-state index in [1.54, 1.807) is 11.8 Å². The van der Waals surface area contributed by atoms with E-state index in [9.17, 15) is 14.7 Å². The van der Waals surface area contributed by atoms with E-state index in [1.165, 1.54) is 0 Å². The van der Waals surface area contributed by atoms with Gasteiger partial charge in [0.05, 0.1) is 12.0 Å². The van der Waals surface area contributed by atoms with Crippen LogP contribution < -0.4 is 0 Å². The van der Waals surface area contributed by atoms with Gasteiger partial charge in [-0.1, -0.05) is 19.3 Å². The highest BCUT2D eigenvalue weighted by Gasteiger charge is 2.33. The van der Waals surface area contributed by atoms with Crippen molar-refractivity contribution >= 4 is 11.8 Å². The molecule has 0 aromatic heterocycles. The first kappa shape index (κ1) is 16.3. The quantitative estimate of drug-likeness (QED) is 0.853. The standard InChI is InChI=1S/C16H28N2O3/c1-13(19)18-9-6-14(12-18)11-17(2)15(20)10-16(21)7-4-3-5-8-16/h14,21H,3-12H2,1-2H3. The van der Waals surface area contributed by atoms with Crippen molar-refractivity contribution in [2.45, 2.75) is 57.5 Å². The van der Waals surface area contributed by atoms with Crippen molar-refractivity contribution < 1.29 is 14.7 Å². The van der Waals surface area contributed by atoms with Crippen LogP contribution in [0.4, 0.5) is 0 Å². The highest BCUT2D eigenvalue weighted by Crippen LogP contribution is 2.31. The summed E-state index contributed by atoms with van der Waals surface area (Å²) in [4.78, 5) is 27.2. The van der Waals surface area contributed by atoms with Gasteiger partial charge < -0.3 is 14.9 Å². The van der Waals surface area contributed by atoms with Crippen LogP contribution in [-0.2, 0) is 9.59 Å². The molecule has 1 N–H and O–H groups in total. The first-order valence-corrected chi connectivity index (χ1v) is 8.11. The highest BCUT2D eigenvalue weighted by atomic mass is 16.3. The largest absolute Gasteiger partial charge is 0.389 e. The van der Waals surface area contributed by atoms with E-state index >= 15 is 0 Å². The second-order valence-electron chi connectivity index (χ2n) is 6.86. The summed E-state index contributed by atoms with van der Waals surface area (Å²) in [6.45, 7) is 3.82. The minimum atomic E-state index is -0.787. The fourth-order valence-corrected chi connectivity index (χ4v) is 3.56. The third-order valence-electron chi connectivity index (χ3n) is 4.95. The zero-order valence-electron chi connectivity index (χ0n) is 13.3. The monoisotopic (exact) mass is 296 g/mol. The molecule has 1 saturated carbocycles. The van der Waals surface area contributed by atoms with Crippen LogP contribution >= 0.6 is 0 Å². The Morgan fingerprint density at radius 2 is 1.95 bits per heavy atom. The molecular weight excluding hydrogens is 268 g/mol. The predicted octanol–water partition coefficient (Wildman–Crippen LogP) is 1.40. The van der Waals surface area contributed by atoms with Crippen LogP contribution in [0.15, 0.2) is 0 Å². The molecule has 21 heavy (non-hydrogen) atoms. The van der Waals surface area contributed by atoms with Gasteiger partial charge in [-0.25, -0.2) is 0 Å². The molecule has 1 saturated heterocycles. The van der Waals surface area contributed by atoms with Gasteiger partial charge in [-0.2, -0.15) is 0 Å². The molecule has 5 heteroatoms. The third-order valence-corrected chi connectivity index (χ3v) is 4.95. The molecule has 0 spiro atoms. The van der Waals surface area contributed by atoms with Crippen molar-refractivity contribution in [1.29, 1.82) is 0 Å². The molecule has 5 nitrogen and oxygen atoms in total. The lowest BCUT2D eigenvalue weighted by Gasteiger charge is -2.33. The van der Waals surface area contributed by atoms with Gasteiger partial charge in [0, 0.05) is 33.6 Å². The average molecular weight is 296 g/mol. The molecule has 2 aliphatic rings. The van der Waals surface area contributed by atoms with Crippen molar-refractivity contribution in [1.82, 2.24) is 9.80 Å².